The zero-order valence-electron chi connectivity index (χ0n) is 17.9. The Balaban J connectivity index is 2.18. The van der Waals surface area contributed by atoms with Crippen molar-refractivity contribution in [2.24, 2.45) is 5.92 Å². The molecule has 0 aromatic heterocycles. The van der Waals surface area contributed by atoms with E-state index in [4.69, 9.17) is 14.2 Å². The molecule has 3 aromatic rings. The molecule has 1 N–H and O–H groups in total. The van der Waals surface area contributed by atoms with E-state index < -0.39 is 5.60 Å². The third-order valence-corrected chi connectivity index (χ3v) is 5.38. The lowest BCUT2D eigenvalue weighted by molar-refractivity contribution is -0.00891. The van der Waals surface area contributed by atoms with E-state index in [1.165, 1.54) is 0 Å². The summed E-state index contributed by atoms with van der Waals surface area (Å²) in [5, 5.41) is 9.35. The summed E-state index contributed by atoms with van der Waals surface area (Å²) in [5.41, 5.74) is 2.26. The molecular formula is C26H30O4. The Kier molecular flexibility index (Phi) is 7.50. The fourth-order valence-electron chi connectivity index (χ4n) is 3.65. The third kappa shape index (κ3) is 4.66. The van der Waals surface area contributed by atoms with Crippen molar-refractivity contribution in [3.05, 3.63) is 95.6 Å². The van der Waals surface area contributed by atoms with Crippen LogP contribution >= 0.6 is 0 Å². The quantitative estimate of drug-likeness (QED) is 0.480. The zero-order chi connectivity index (χ0) is 21.4. The Bertz CT molecular complexity index is 841. The van der Waals surface area contributed by atoms with Gasteiger partial charge in [-0.15, -0.1) is 0 Å². The standard InChI is InChI=1S/C26H30O4/c1-20(17-18-27)19-30-26(21-7-5-4-6-8-21,22-9-13-24(28-2)14-10-22)23-11-15-25(29-3)16-12-23/h4-16,20,27H,17-19H2,1-3H3/t20-/m0/s1. The summed E-state index contributed by atoms with van der Waals surface area (Å²) in [6.07, 6.45) is 0.691. The molecule has 0 aliphatic heterocycles. The number of ether oxygens (including phenoxy) is 3. The van der Waals surface area contributed by atoms with E-state index in [1.54, 1.807) is 14.2 Å². The smallest absolute Gasteiger partial charge is 0.143 e. The van der Waals surface area contributed by atoms with Crippen LogP contribution in [0.1, 0.15) is 30.0 Å². The normalized spacial score (nSPS) is 12.4. The van der Waals surface area contributed by atoms with E-state index in [9.17, 15) is 5.11 Å². The first-order chi connectivity index (χ1) is 14.6. The Morgan fingerprint density at radius 2 is 1.20 bits per heavy atom. The molecule has 0 fully saturated rings. The second-order valence-corrected chi connectivity index (χ2v) is 7.43. The van der Waals surface area contributed by atoms with Crippen LogP contribution < -0.4 is 9.47 Å². The van der Waals surface area contributed by atoms with Gasteiger partial charge in [-0.3, -0.25) is 0 Å². The number of hydrogen-bond donors (Lipinski definition) is 1. The molecule has 0 radical (unpaired) electrons. The molecule has 3 rings (SSSR count). The second kappa shape index (κ2) is 10.3. The van der Waals surface area contributed by atoms with Gasteiger partial charge in [0.05, 0.1) is 20.8 Å². The maximum Gasteiger partial charge on any atom is 0.143 e. The van der Waals surface area contributed by atoms with Gasteiger partial charge in [0.2, 0.25) is 0 Å². The minimum atomic E-state index is -0.802. The first-order valence-corrected chi connectivity index (χ1v) is 10.2. The van der Waals surface area contributed by atoms with Gasteiger partial charge >= 0.3 is 0 Å². The highest BCUT2D eigenvalue weighted by molar-refractivity contribution is 5.49. The van der Waals surface area contributed by atoms with Crippen LogP contribution in [0, 0.1) is 5.92 Å². The molecule has 0 saturated heterocycles. The van der Waals surface area contributed by atoms with Crippen molar-refractivity contribution >= 4 is 0 Å². The summed E-state index contributed by atoms with van der Waals surface area (Å²) in [5.74, 6) is 1.81. The van der Waals surface area contributed by atoms with Gasteiger partial charge in [0, 0.05) is 6.61 Å². The number of benzene rings is 3. The summed E-state index contributed by atoms with van der Waals surface area (Å²) < 4.78 is 17.5. The van der Waals surface area contributed by atoms with Crippen molar-refractivity contribution in [2.45, 2.75) is 18.9 Å². The molecule has 1 atom stereocenters. The molecule has 0 aliphatic carbocycles. The molecule has 0 spiro atoms. The molecule has 0 unspecified atom stereocenters. The van der Waals surface area contributed by atoms with Crippen LogP contribution in [0.15, 0.2) is 78.9 Å². The third-order valence-electron chi connectivity index (χ3n) is 5.38. The van der Waals surface area contributed by atoms with Gasteiger partial charge in [0.25, 0.3) is 0 Å². The topological polar surface area (TPSA) is 47.9 Å². The van der Waals surface area contributed by atoms with Crippen molar-refractivity contribution in [2.75, 3.05) is 27.4 Å². The Labute approximate surface area is 179 Å². The molecule has 0 aliphatic rings. The molecule has 0 amide bonds. The van der Waals surface area contributed by atoms with Crippen LogP contribution in [0.25, 0.3) is 0 Å². The molecule has 4 heteroatoms. The van der Waals surface area contributed by atoms with Crippen molar-refractivity contribution < 1.29 is 19.3 Å². The van der Waals surface area contributed by atoms with Crippen molar-refractivity contribution in [3.8, 4) is 11.5 Å². The van der Waals surface area contributed by atoms with Gasteiger partial charge in [0.1, 0.15) is 17.1 Å². The van der Waals surface area contributed by atoms with E-state index in [1.807, 2.05) is 66.7 Å². The van der Waals surface area contributed by atoms with Gasteiger partial charge < -0.3 is 19.3 Å². The molecule has 3 aromatic carbocycles. The average Bonchev–Trinajstić information content (AvgIpc) is 2.81. The molecule has 0 saturated carbocycles. The first-order valence-electron chi connectivity index (χ1n) is 10.2. The van der Waals surface area contributed by atoms with Crippen LogP contribution in [0.2, 0.25) is 0 Å². The lowest BCUT2D eigenvalue weighted by Crippen LogP contribution is -2.34. The molecule has 4 nitrogen and oxygen atoms in total. The maximum atomic E-state index is 9.35. The predicted octanol–water partition coefficient (Wildman–Crippen LogP) is 5.03. The number of hydrogen-bond acceptors (Lipinski definition) is 4. The van der Waals surface area contributed by atoms with Gasteiger partial charge in [-0.05, 0) is 53.3 Å². The number of methoxy groups -OCH3 is 2. The predicted molar refractivity (Wildman–Crippen MR) is 119 cm³/mol. The Hall–Kier alpha value is -2.82. The van der Waals surface area contributed by atoms with Crippen molar-refractivity contribution in [1.29, 1.82) is 0 Å². The minimum absolute atomic E-state index is 0.147. The van der Waals surface area contributed by atoms with Crippen LogP contribution in [0.5, 0.6) is 11.5 Å². The highest BCUT2D eigenvalue weighted by atomic mass is 16.5. The summed E-state index contributed by atoms with van der Waals surface area (Å²) in [6.45, 7) is 2.75. The Morgan fingerprint density at radius 1 is 0.733 bits per heavy atom. The monoisotopic (exact) mass is 406 g/mol. The van der Waals surface area contributed by atoms with Gasteiger partial charge in [-0.1, -0.05) is 61.5 Å². The average molecular weight is 407 g/mol. The molecule has 0 bridgehead atoms. The van der Waals surface area contributed by atoms with E-state index in [0.29, 0.717) is 13.0 Å². The van der Waals surface area contributed by atoms with Crippen LogP contribution in [0.4, 0.5) is 0 Å². The fourth-order valence-corrected chi connectivity index (χ4v) is 3.65. The maximum absolute atomic E-state index is 9.35. The minimum Gasteiger partial charge on any atom is -0.497 e. The lowest BCUT2D eigenvalue weighted by atomic mass is 9.80. The fraction of sp³-hybridized carbons (Fsp3) is 0.308. The van der Waals surface area contributed by atoms with E-state index in [2.05, 4.69) is 19.1 Å². The number of aliphatic hydroxyl groups excluding tert-OH is 1. The van der Waals surface area contributed by atoms with E-state index in [0.717, 1.165) is 28.2 Å². The molecule has 30 heavy (non-hydrogen) atoms. The first kappa shape index (κ1) is 21.9. The summed E-state index contributed by atoms with van der Waals surface area (Å²) >= 11 is 0. The van der Waals surface area contributed by atoms with Crippen molar-refractivity contribution in [1.82, 2.24) is 0 Å². The van der Waals surface area contributed by atoms with Gasteiger partial charge in [-0.25, -0.2) is 0 Å². The van der Waals surface area contributed by atoms with Crippen LogP contribution in [-0.4, -0.2) is 32.5 Å². The van der Waals surface area contributed by atoms with E-state index in [-0.39, 0.29) is 12.5 Å². The summed E-state index contributed by atoms with van der Waals surface area (Å²) in [4.78, 5) is 0. The van der Waals surface area contributed by atoms with Gasteiger partial charge in [0.15, 0.2) is 0 Å². The van der Waals surface area contributed by atoms with Crippen LogP contribution in [0.3, 0.4) is 0 Å². The van der Waals surface area contributed by atoms with E-state index >= 15 is 0 Å². The lowest BCUT2D eigenvalue weighted by Gasteiger charge is -2.37. The number of aliphatic hydroxyl groups is 1. The molecule has 158 valence electrons. The SMILES string of the molecule is COc1ccc(C(OC[C@@H](C)CCO)(c2ccccc2)c2ccc(OC)cc2)cc1. The Morgan fingerprint density at radius 3 is 1.63 bits per heavy atom. The zero-order valence-corrected chi connectivity index (χ0v) is 17.9. The van der Waals surface area contributed by atoms with Crippen LogP contribution in [-0.2, 0) is 10.3 Å². The summed E-state index contributed by atoms with van der Waals surface area (Å²) in [7, 11) is 3.33. The molecule has 0 heterocycles. The highest BCUT2D eigenvalue weighted by Gasteiger charge is 2.38. The van der Waals surface area contributed by atoms with Crippen molar-refractivity contribution in [3.63, 3.8) is 0 Å². The number of rotatable bonds is 10. The second-order valence-electron chi connectivity index (χ2n) is 7.43. The largest absolute Gasteiger partial charge is 0.497 e. The molecular weight excluding hydrogens is 376 g/mol. The highest BCUT2D eigenvalue weighted by Crippen LogP contribution is 2.42. The summed E-state index contributed by atoms with van der Waals surface area (Å²) in [6, 6.07) is 26.2. The van der Waals surface area contributed by atoms with Gasteiger partial charge in [-0.2, -0.15) is 0 Å².